The zero-order valence-electron chi connectivity index (χ0n) is 13.5. The van der Waals surface area contributed by atoms with Crippen molar-refractivity contribution in [3.63, 3.8) is 0 Å². The first-order chi connectivity index (χ1) is 11.4. The van der Waals surface area contributed by atoms with Crippen LogP contribution in [0.3, 0.4) is 0 Å². The highest BCUT2D eigenvalue weighted by Gasteiger charge is 2.15. The highest BCUT2D eigenvalue weighted by atomic mass is 19.1. The van der Waals surface area contributed by atoms with E-state index in [0.717, 1.165) is 6.07 Å². The van der Waals surface area contributed by atoms with Gasteiger partial charge < -0.3 is 20.1 Å². The molecule has 0 radical (unpaired) electrons. The summed E-state index contributed by atoms with van der Waals surface area (Å²) in [5.74, 6) is -0.590. The second-order valence-electron chi connectivity index (χ2n) is 4.90. The van der Waals surface area contributed by atoms with Crippen LogP contribution in [-0.2, 0) is 4.79 Å². The first kappa shape index (κ1) is 17.3. The average Bonchev–Trinajstić information content (AvgIpc) is 2.54. The number of halogens is 1. The van der Waals surface area contributed by atoms with E-state index in [1.54, 1.807) is 0 Å². The number of hydrogen-bond donors (Lipinski definition) is 2. The normalized spacial score (nSPS) is 10.0. The first-order valence-corrected chi connectivity index (χ1v) is 7.05. The highest BCUT2D eigenvalue weighted by Crippen LogP contribution is 2.36. The lowest BCUT2D eigenvalue weighted by Gasteiger charge is -2.15. The summed E-state index contributed by atoms with van der Waals surface area (Å²) in [7, 11) is 2.88. The molecule has 24 heavy (non-hydrogen) atoms. The van der Waals surface area contributed by atoms with Gasteiger partial charge in [0, 0.05) is 18.6 Å². The third-order valence-electron chi connectivity index (χ3n) is 3.17. The minimum absolute atomic E-state index is 0.161. The fourth-order valence-corrected chi connectivity index (χ4v) is 2.11. The number of anilines is 2. The molecule has 0 aliphatic heterocycles. The summed E-state index contributed by atoms with van der Waals surface area (Å²) in [6.07, 6.45) is 0. The fraction of sp³-hybridized carbons (Fsp3) is 0.176. The molecule has 0 aliphatic carbocycles. The van der Waals surface area contributed by atoms with Crippen LogP contribution in [0.15, 0.2) is 36.4 Å². The van der Waals surface area contributed by atoms with Gasteiger partial charge in [-0.3, -0.25) is 9.59 Å². The Bertz CT molecular complexity index is 777. The molecule has 6 nitrogen and oxygen atoms in total. The van der Waals surface area contributed by atoms with E-state index in [0.29, 0.717) is 22.9 Å². The van der Waals surface area contributed by atoms with Crippen molar-refractivity contribution < 1.29 is 23.5 Å². The van der Waals surface area contributed by atoms with Crippen LogP contribution >= 0.6 is 0 Å². The molecule has 0 saturated carbocycles. The predicted molar refractivity (Wildman–Crippen MR) is 88.2 cm³/mol. The van der Waals surface area contributed by atoms with E-state index < -0.39 is 11.7 Å². The van der Waals surface area contributed by atoms with Crippen LogP contribution in [0.1, 0.15) is 17.3 Å². The molecule has 0 unspecified atom stereocenters. The summed E-state index contributed by atoms with van der Waals surface area (Å²) in [5, 5.41) is 5.24. The summed E-state index contributed by atoms with van der Waals surface area (Å²) in [6.45, 7) is 1.36. The Morgan fingerprint density at radius 2 is 1.58 bits per heavy atom. The highest BCUT2D eigenvalue weighted by molar-refractivity contribution is 6.05. The topological polar surface area (TPSA) is 76.7 Å². The second kappa shape index (κ2) is 7.45. The Kier molecular flexibility index (Phi) is 5.36. The minimum atomic E-state index is -0.511. The maximum absolute atomic E-state index is 13.2. The molecule has 2 rings (SSSR count). The number of amides is 2. The van der Waals surface area contributed by atoms with E-state index in [4.69, 9.17) is 9.47 Å². The average molecular weight is 332 g/mol. The van der Waals surface area contributed by atoms with E-state index in [2.05, 4.69) is 10.6 Å². The molecular weight excluding hydrogens is 315 g/mol. The van der Waals surface area contributed by atoms with E-state index >= 15 is 0 Å². The van der Waals surface area contributed by atoms with Gasteiger partial charge in [-0.15, -0.1) is 0 Å². The zero-order valence-corrected chi connectivity index (χ0v) is 13.5. The van der Waals surface area contributed by atoms with Crippen LogP contribution in [0, 0.1) is 5.82 Å². The van der Waals surface area contributed by atoms with Gasteiger partial charge in [-0.05, 0) is 24.3 Å². The number of carbonyl (C=O) groups excluding carboxylic acids is 2. The molecule has 0 fully saturated rings. The Morgan fingerprint density at radius 3 is 2.12 bits per heavy atom. The molecule has 126 valence electrons. The van der Waals surface area contributed by atoms with Gasteiger partial charge in [0.25, 0.3) is 5.91 Å². The lowest BCUT2D eigenvalue weighted by molar-refractivity contribution is -0.114. The molecule has 2 aromatic carbocycles. The summed E-state index contributed by atoms with van der Waals surface area (Å²) >= 11 is 0. The smallest absolute Gasteiger partial charge is 0.255 e. The molecular formula is C17H17FN2O4. The molecule has 0 aromatic heterocycles. The van der Waals surface area contributed by atoms with Crippen molar-refractivity contribution in [2.75, 3.05) is 24.9 Å². The van der Waals surface area contributed by atoms with E-state index in [9.17, 15) is 14.0 Å². The van der Waals surface area contributed by atoms with Gasteiger partial charge in [0.2, 0.25) is 5.91 Å². The standard InChI is InChI=1S/C17H17FN2O4/c1-10(21)19-13-8-14(16(24-3)9-15(13)23-2)20-17(22)11-5-4-6-12(18)7-11/h4-9H,1-3H3,(H,19,21)(H,20,22). The monoisotopic (exact) mass is 332 g/mol. The maximum Gasteiger partial charge on any atom is 0.255 e. The van der Waals surface area contributed by atoms with Crippen molar-refractivity contribution in [1.82, 2.24) is 0 Å². The second-order valence-corrected chi connectivity index (χ2v) is 4.90. The predicted octanol–water partition coefficient (Wildman–Crippen LogP) is 3.05. The van der Waals surface area contributed by atoms with Gasteiger partial charge in [-0.1, -0.05) is 6.07 Å². The molecule has 7 heteroatoms. The van der Waals surface area contributed by atoms with Crippen molar-refractivity contribution in [2.45, 2.75) is 6.92 Å². The van der Waals surface area contributed by atoms with Gasteiger partial charge >= 0.3 is 0 Å². The minimum Gasteiger partial charge on any atom is -0.494 e. The third-order valence-corrected chi connectivity index (χ3v) is 3.17. The molecule has 0 bridgehead atoms. The van der Waals surface area contributed by atoms with Crippen LogP contribution in [0.5, 0.6) is 11.5 Å². The Morgan fingerprint density at radius 1 is 0.958 bits per heavy atom. The summed E-state index contributed by atoms with van der Waals surface area (Å²) in [4.78, 5) is 23.6. The van der Waals surface area contributed by atoms with Crippen LogP contribution < -0.4 is 20.1 Å². The zero-order chi connectivity index (χ0) is 17.7. The van der Waals surface area contributed by atoms with E-state index in [1.807, 2.05) is 0 Å². The van der Waals surface area contributed by atoms with E-state index in [-0.39, 0.29) is 11.5 Å². The van der Waals surface area contributed by atoms with Crippen molar-refractivity contribution in [1.29, 1.82) is 0 Å². The molecule has 2 N–H and O–H groups in total. The van der Waals surface area contributed by atoms with Gasteiger partial charge in [0.15, 0.2) is 0 Å². The largest absolute Gasteiger partial charge is 0.494 e. The number of nitrogens with one attached hydrogen (secondary N) is 2. The molecule has 0 atom stereocenters. The third kappa shape index (κ3) is 4.01. The lowest BCUT2D eigenvalue weighted by Crippen LogP contribution is -2.14. The number of methoxy groups -OCH3 is 2. The Hall–Kier alpha value is -3.09. The number of benzene rings is 2. The summed E-state index contributed by atoms with van der Waals surface area (Å²) in [5.41, 5.74) is 0.852. The lowest BCUT2D eigenvalue weighted by atomic mass is 10.2. The van der Waals surface area contributed by atoms with Crippen molar-refractivity contribution in [2.24, 2.45) is 0 Å². The van der Waals surface area contributed by atoms with Gasteiger partial charge in [0.05, 0.1) is 25.6 Å². The summed E-state index contributed by atoms with van der Waals surface area (Å²) in [6, 6.07) is 8.35. The first-order valence-electron chi connectivity index (χ1n) is 7.05. The number of rotatable bonds is 5. The number of hydrogen-bond acceptors (Lipinski definition) is 4. The summed E-state index contributed by atoms with van der Waals surface area (Å²) < 4.78 is 23.7. The molecule has 2 aromatic rings. The van der Waals surface area contributed by atoms with Gasteiger partial charge in [-0.2, -0.15) is 0 Å². The SMILES string of the molecule is COc1cc(OC)c(NC(=O)c2cccc(F)c2)cc1NC(C)=O. The van der Waals surface area contributed by atoms with Crippen LogP contribution in [0.25, 0.3) is 0 Å². The van der Waals surface area contributed by atoms with Gasteiger partial charge in [-0.25, -0.2) is 4.39 Å². The Balaban J connectivity index is 2.37. The van der Waals surface area contributed by atoms with E-state index in [1.165, 1.54) is 51.5 Å². The van der Waals surface area contributed by atoms with Crippen molar-refractivity contribution in [3.05, 3.63) is 47.8 Å². The van der Waals surface area contributed by atoms with Crippen LogP contribution in [0.4, 0.5) is 15.8 Å². The van der Waals surface area contributed by atoms with Crippen molar-refractivity contribution in [3.8, 4) is 11.5 Å². The number of ether oxygens (including phenoxy) is 2. The van der Waals surface area contributed by atoms with Crippen molar-refractivity contribution >= 4 is 23.2 Å². The molecule has 0 saturated heterocycles. The molecule has 0 heterocycles. The van der Waals surface area contributed by atoms with Crippen LogP contribution in [-0.4, -0.2) is 26.0 Å². The number of carbonyl (C=O) groups is 2. The molecule has 0 aliphatic rings. The van der Waals surface area contributed by atoms with Crippen LogP contribution in [0.2, 0.25) is 0 Å². The van der Waals surface area contributed by atoms with Gasteiger partial charge in [0.1, 0.15) is 17.3 Å². The fourth-order valence-electron chi connectivity index (χ4n) is 2.11. The molecule has 0 spiro atoms. The molecule has 2 amide bonds. The Labute approximate surface area is 138 Å². The quantitative estimate of drug-likeness (QED) is 0.882. The maximum atomic E-state index is 13.2.